The molecule has 0 N–H and O–H groups in total. The molecule has 0 saturated carbocycles. The van der Waals surface area contributed by atoms with Gasteiger partial charge in [-0.15, -0.1) is 0 Å². The summed E-state index contributed by atoms with van der Waals surface area (Å²) in [4.78, 5) is 27.7. The van der Waals surface area contributed by atoms with E-state index in [4.69, 9.17) is 9.47 Å². The van der Waals surface area contributed by atoms with Crippen molar-refractivity contribution in [3.8, 4) is 5.75 Å². The van der Waals surface area contributed by atoms with Crippen LogP contribution in [0.4, 0.5) is 9.59 Å². The van der Waals surface area contributed by atoms with Gasteiger partial charge < -0.3 is 9.47 Å². The van der Waals surface area contributed by atoms with Crippen molar-refractivity contribution in [1.82, 2.24) is 9.47 Å². The second-order valence-electron chi connectivity index (χ2n) is 9.06. The van der Waals surface area contributed by atoms with Gasteiger partial charge in [-0.2, -0.15) is 0 Å². The van der Waals surface area contributed by atoms with Gasteiger partial charge in [-0.3, -0.25) is 9.47 Å². The first-order valence-electron chi connectivity index (χ1n) is 11.1. The minimum atomic E-state index is -0.641. The van der Waals surface area contributed by atoms with Gasteiger partial charge in [0.1, 0.15) is 11.4 Å². The molecule has 0 aliphatic rings. The summed E-state index contributed by atoms with van der Waals surface area (Å²) >= 11 is 0. The fourth-order valence-corrected chi connectivity index (χ4v) is 3.90. The van der Waals surface area contributed by atoms with Crippen molar-refractivity contribution < 1.29 is 19.1 Å². The number of para-hydroxylation sites is 2. The van der Waals surface area contributed by atoms with Crippen LogP contribution in [0, 0.1) is 0 Å². The largest absolute Gasteiger partial charge is 0.443 e. The standard InChI is InChI=1S/C28H28N2O4/c1-28(2,3)34-27(32)30-19-23(22-17-11-12-18-24(22)30)25(20-13-7-5-8-14-20)29(4)26(31)33-21-15-9-6-10-16-21/h5-19,25H,1-4H3. The van der Waals surface area contributed by atoms with Crippen LogP contribution in [0.25, 0.3) is 10.9 Å². The van der Waals surface area contributed by atoms with Crippen molar-refractivity contribution in [1.29, 1.82) is 0 Å². The van der Waals surface area contributed by atoms with E-state index in [1.54, 1.807) is 30.3 Å². The zero-order valence-electron chi connectivity index (χ0n) is 19.8. The summed E-state index contributed by atoms with van der Waals surface area (Å²) in [5.74, 6) is 0.461. The van der Waals surface area contributed by atoms with Crippen LogP contribution in [0.5, 0.6) is 5.75 Å². The number of amides is 1. The van der Waals surface area contributed by atoms with Crippen LogP contribution < -0.4 is 4.74 Å². The van der Waals surface area contributed by atoms with Gasteiger partial charge in [0.2, 0.25) is 0 Å². The average molecular weight is 457 g/mol. The summed E-state index contributed by atoms with van der Waals surface area (Å²) in [6, 6.07) is 25.7. The molecule has 6 heteroatoms. The highest BCUT2D eigenvalue weighted by Gasteiger charge is 2.30. The lowest BCUT2D eigenvalue weighted by Crippen LogP contribution is -2.34. The number of ether oxygens (including phenoxy) is 2. The maximum absolute atomic E-state index is 13.2. The molecule has 1 aromatic heterocycles. The fourth-order valence-electron chi connectivity index (χ4n) is 3.90. The minimum absolute atomic E-state index is 0.461. The van der Waals surface area contributed by atoms with E-state index < -0.39 is 23.8 Å². The molecule has 1 heterocycles. The Morgan fingerprint density at radius 3 is 2.09 bits per heavy atom. The van der Waals surface area contributed by atoms with E-state index in [1.165, 1.54) is 4.57 Å². The third-order valence-corrected chi connectivity index (χ3v) is 5.37. The topological polar surface area (TPSA) is 60.8 Å². The molecule has 3 aromatic carbocycles. The fraction of sp³-hybridized carbons (Fsp3) is 0.214. The van der Waals surface area contributed by atoms with Crippen LogP contribution in [0.1, 0.15) is 37.9 Å². The number of fused-ring (bicyclic) bond motifs is 1. The third-order valence-electron chi connectivity index (χ3n) is 5.37. The van der Waals surface area contributed by atoms with Crippen LogP contribution in [0.15, 0.2) is 91.1 Å². The quantitative estimate of drug-likeness (QED) is 0.345. The molecule has 0 aliphatic heterocycles. The molecule has 4 aromatic rings. The van der Waals surface area contributed by atoms with Crippen molar-refractivity contribution in [3.05, 3.63) is 102 Å². The van der Waals surface area contributed by atoms with E-state index in [-0.39, 0.29) is 0 Å². The zero-order valence-corrected chi connectivity index (χ0v) is 19.8. The van der Waals surface area contributed by atoms with Crippen molar-refractivity contribution in [2.45, 2.75) is 32.4 Å². The molecular formula is C28H28N2O4. The van der Waals surface area contributed by atoms with E-state index >= 15 is 0 Å². The Kier molecular flexibility index (Phi) is 6.41. The highest BCUT2D eigenvalue weighted by Crippen LogP contribution is 2.35. The molecule has 0 radical (unpaired) electrons. The van der Waals surface area contributed by atoms with Gasteiger partial charge in [0, 0.05) is 24.2 Å². The first-order valence-corrected chi connectivity index (χ1v) is 11.1. The highest BCUT2D eigenvalue weighted by molar-refractivity contribution is 5.93. The highest BCUT2D eigenvalue weighted by atomic mass is 16.6. The summed E-state index contributed by atoms with van der Waals surface area (Å²) in [7, 11) is 1.70. The molecule has 4 rings (SSSR count). The lowest BCUT2D eigenvalue weighted by molar-refractivity contribution is 0.0544. The molecule has 0 fully saturated rings. The molecule has 6 nitrogen and oxygen atoms in total. The molecule has 0 aliphatic carbocycles. The number of nitrogens with zero attached hydrogens (tertiary/aromatic N) is 2. The van der Waals surface area contributed by atoms with Crippen molar-refractivity contribution in [2.75, 3.05) is 7.05 Å². The predicted octanol–water partition coefficient (Wildman–Crippen LogP) is 6.64. The Balaban J connectivity index is 1.80. The maximum Gasteiger partial charge on any atom is 0.419 e. The van der Waals surface area contributed by atoms with Gasteiger partial charge in [0.15, 0.2) is 0 Å². The predicted molar refractivity (Wildman–Crippen MR) is 132 cm³/mol. The van der Waals surface area contributed by atoms with E-state index in [2.05, 4.69) is 0 Å². The van der Waals surface area contributed by atoms with Crippen LogP contribution in [0.3, 0.4) is 0 Å². The SMILES string of the molecule is CN(C(=O)Oc1ccccc1)C(c1ccccc1)c1cn(C(=O)OC(C)(C)C)c2ccccc12. The molecule has 174 valence electrons. The summed E-state index contributed by atoms with van der Waals surface area (Å²) in [6.45, 7) is 5.49. The maximum atomic E-state index is 13.2. The molecule has 1 unspecified atom stereocenters. The normalized spacial score (nSPS) is 12.2. The first kappa shape index (κ1) is 23.1. The number of benzene rings is 3. The number of aromatic nitrogens is 1. The van der Waals surface area contributed by atoms with Gasteiger partial charge in [-0.1, -0.05) is 66.7 Å². The Labute approximate surface area is 199 Å². The number of rotatable bonds is 4. The molecule has 0 spiro atoms. The minimum Gasteiger partial charge on any atom is -0.443 e. The number of hydrogen-bond donors (Lipinski definition) is 0. The molecule has 0 saturated heterocycles. The van der Waals surface area contributed by atoms with Gasteiger partial charge in [0.05, 0.1) is 11.6 Å². The van der Waals surface area contributed by atoms with Gasteiger partial charge in [-0.05, 0) is 44.5 Å². The molecule has 1 atom stereocenters. The lowest BCUT2D eigenvalue weighted by Gasteiger charge is -2.28. The molecule has 0 bridgehead atoms. The van der Waals surface area contributed by atoms with Crippen molar-refractivity contribution in [3.63, 3.8) is 0 Å². The van der Waals surface area contributed by atoms with Crippen molar-refractivity contribution >= 4 is 23.1 Å². The van der Waals surface area contributed by atoms with Crippen molar-refractivity contribution in [2.24, 2.45) is 0 Å². The lowest BCUT2D eigenvalue weighted by atomic mass is 9.97. The average Bonchev–Trinajstić information content (AvgIpc) is 3.19. The van der Waals surface area contributed by atoms with Crippen LogP contribution in [-0.4, -0.2) is 34.3 Å². The van der Waals surface area contributed by atoms with Gasteiger partial charge >= 0.3 is 12.2 Å². The summed E-state index contributed by atoms with van der Waals surface area (Å²) in [5, 5.41) is 0.849. The summed E-state index contributed by atoms with van der Waals surface area (Å²) < 4.78 is 12.8. The zero-order chi connectivity index (χ0) is 24.3. The second kappa shape index (κ2) is 9.43. The summed E-state index contributed by atoms with van der Waals surface area (Å²) in [5.41, 5.74) is 1.75. The first-order chi connectivity index (χ1) is 16.2. The Bertz CT molecular complexity index is 1290. The van der Waals surface area contributed by atoms with Crippen LogP contribution in [0.2, 0.25) is 0 Å². The molecule has 34 heavy (non-hydrogen) atoms. The number of carbonyl (C=O) groups is 2. The summed E-state index contributed by atoms with van der Waals surface area (Å²) in [6.07, 6.45) is 0.772. The van der Waals surface area contributed by atoms with Gasteiger partial charge in [-0.25, -0.2) is 9.59 Å². The van der Waals surface area contributed by atoms with E-state index in [0.29, 0.717) is 11.3 Å². The number of hydrogen-bond acceptors (Lipinski definition) is 4. The molecular weight excluding hydrogens is 428 g/mol. The monoisotopic (exact) mass is 456 g/mol. The Morgan fingerprint density at radius 1 is 0.853 bits per heavy atom. The van der Waals surface area contributed by atoms with Crippen LogP contribution in [-0.2, 0) is 4.74 Å². The second-order valence-corrected chi connectivity index (χ2v) is 9.06. The van der Waals surface area contributed by atoms with E-state index in [0.717, 1.165) is 16.5 Å². The molecule has 1 amide bonds. The van der Waals surface area contributed by atoms with E-state index in [1.807, 2.05) is 93.6 Å². The van der Waals surface area contributed by atoms with E-state index in [9.17, 15) is 9.59 Å². The Hall–Kier alpha value is -4.06. The van der Waals surface area contributed by atoms with Gasteiger partial charge in [0.25, 0.3) is 0 Å². The number of carbonyl (C=O) groups excluding carboxylic acids is 2. The smallest absolute Gasteiger partial charge is 0.419 e. The Morgan fingerprint density at radius 2 is 1.44 bits per heavy atom. The van der Waals surface area contributed by atoms with Crippen LogP contribution >= 0.6 is 0 Å². The third kappa shape index (κ3) is 4.96.